The van der Waals surface area contributed by atoms with E-state index in [1.165, 1.54) is 27.8 Å². The lowest BCUT2D eigenvalue weighted by Gasteiger charge is -2.26. The molecule has 0 aliphatic rings. The van der Waals surface area contributed by atoms with E-state index in [2.05, 4.69) is 120 Å². The maximum absolute atomic E-state index is 9.65. The van der Waals surface area contributed by atoms with Gasteiger partial charge in [-0.3, -0.25) is 4.90 Å². The second-order valence-electron chi connectivity index (χ2n) is 8.61. The van der Waals surface area contributed by atoms with Crippen molar-refractivity contribution in [2.75, 3.05) is 19.7 Å². The predicted octanol–water partition coefficient (Wildman–Crippen LogP) is 6.56. The van der Waals surface area contributed by atoms with Crippen LogP contribution in [0.5, 0.6) is 0 Å². The van der Waals surface area contributed by atoms with E-state index in [-0.39, 0.29) is 6.61 Å². The summed E-state index contributed by atoms with van der Waals surface area (Å²) in [4.78, 5) is 2.37. The zero-order valence-electron chi connectivity index (χ0n) is 19.2. The Bertz CT molecular complexity index is 1080. The number of hydrogen-bond donors (Lipinski definition) is 1. The molecule has 168 valence electrons. The van der Waals surface area contributed by atoms with Crippen LogP contribution in [0.4, 0.5) is 0 Å². The average molecular weight is 436 g/mol. The first-order valence-corrected chi connectivity index (χ1v) is 11.9. The largest absolute Gasteiger partial charge is 0.395 e. The fraction of sp³-hybridized carbons (Fsp3) is 0.226. The van der Waals surface area contributed by atoms with Crippen molar-refractivity contribution >= 4 is 0 Å². The van der Waals surface area contributed by atoms with E-state index in [0.29, 0.717) is 12.5 Å². The molecule has 1 atom stereocenters. The number of hydrogen-bond acceptors (Lipinski definition) is 2. The standard InChI is InChI=1S/C31H33NO/c33-23-22-32(25-26-12-4-1-5-13-26)21-20-29(27-14-6-2-7-15-27)24-30-18-10-11-19-31(30)28-16-8-3-9-17-28/h1-19,29,33H,20-25H2/t29-/m0/s1. The highest BCUT2D eigenvalue weighted by molar-refractivity contribution is 5.67. The molecule has 2 nitrogen and oxygen atoms in total. The molecule has 0 aromatic heterocycles. The van der Waals surface area contributed by atoms with Gasteiger partial charge in [0.2, 0.25) is 0 Å². The first kappa shape index (κ1) is 23.0. The summed E-state index contributed by atoms with van der Waals surface area (Å²) in [6, 6.07) is 40.9. The van der Waals surface area contributed by atoms with Gasteiger partial charge in [-0.05, 0) is 53.1 Å². The average Bonchev–Trinajstić information content (AvgIpc) is 2.88. The van der Waals surface area contributed by atoms with Crippen molar-refractivity contribution in [1.82, 2.24) is 4.90 Å². The van der Waals surface area contributed by atoms with Crippen LogP contribution in [0, 0.1) is 0 Å². The molecule has 0 unspecified atom stereocenters. The molecule has 0 aliphatic carbocycles. The number of benzene rings is 4. The third-order valence-corrected chi connectivity index (χ3v) is 6.30. The third-order valence-electron chi connectivity index (χ3n) is 6.30. The molecule has 4 rings (SSSR count). The Kier molecular flexibility index (Phi) is 8.46. The van der Waals surface area contributed by atoms with Gasteiger partial charge >= 0.3 is 0 Å². The summed E-state index contributed by atoms with van der Waals surface area (Å²) in [5.74, 6) is 0.410. The van der Waals surface area contributed by atoms with Crippen molar-refractivity contribution in [3.05, 3.63) is 132 Å². The molecule has 4 aromatic carbocycles. The summed E-state index contributed by atoms with van der Waals surface area (Å²) in [5.41, 5.74) is 6.64. The Balaban J connectivity index is 1.54. The van der Waals surface area contributed by atoms with Crippen LogP contribution in [-0.4, -0.2) is 29.7 Å². The molecule has 4 aromatic rings. The van der Waals surface area contributed by atoms with E-state index >= 15 is 0 Å². The summed E-state index contributed by atoms with van der Waals surface area (Å²) in [5, 5.41) is 9.65. The topological polar surface area (TPSA) is 23.5 Å². The van der Waals surface area contributed by atoms with Crippen molar-refractivity contribution in [1.29, 1.82) is 0 Å². The van der Waals surface area contributed by atoms with Crippen molar-refractivity contribution < 1.29 is 5.11 Å². The first-order valence-electron chi connectivity index (χ1n) is 11.9. The van der Waals surface area contributed by atoms with Gasteiger partial charge in [0.25, 0.3) is 0 Å². The highest BCUT2D eigenvalue weighted by Crippen LogP contribution is 2.31. The quantitative estimate of drug-likeness (QED) is 0.288. The first-order chi connectivity index (χ1) is 16.3. The van der Waals surface area contributed by atoms with E-state index in [1.807, 2.05) is 0 Å². The zero-order chi connectivity index (χ0) is 22.7. The SMILES string of the molecule is OCCN(CC[C@@H](Cc1ccccc1-c1ccccc1)c1ccccc1)Cc1ccccc1. The lowest BCUT2D eigenvalue weighted by Crippen LogP contribution is -2.29. The molecule has 0 radical (unpaired) electrons. The van der Waals surface area contributed by atoms with Gasteiger partial charge in [0.15, 0.2) is 0 Å². The highest BCUT2D eigenvalue weighted by atomic mass is 16.3. The van der Waals surface area contributed by atoms with Crippen LogP contribution in [0.15, 0.2) is 115 Å². The van der Waals surface area contributed by atoms with Gasteiger partial charge in [0, 0.05) is 13.1 Å². The zero-order valence-corrected chi connectivity index (χ0v) is 19.2. The molecule has 0 amide bonds. The molecule has 0 saturated carbocycles. The van der Waals surface area contributed by atoms with E-state index in [4.69, 9.17) is 0 Å². The van der Waals surface area contributed by atoms with Crippen LogP contribution in [0.3, 0.4) is 0 Å². The van der Waals surface area contributed by atoms with Crippen molar-refractivity contribution in [3.63, 3.8) is 0 Å². The van der Waals surface area contributed by atoms with Gasteiger partial charge in [-0.1, -0.05) is 115 Å². The summed E-state index contributed by atoms with van der Waals surface area (Å²) in [6.45, 7) is 2.68. The summed E-state index contributed by atoms with van der Waals surface area (Å²) >= 11 is 0. The molecule has 0 aliphatic heterocycles. The Morgan fingerprint density at radius 1 is 0.636 bits per heavy atom. The van der Waals surface area contributed by atoms with E-state index in [0.717, 1.165) is 25.9 Å². The molecule has 0 saturated heterocycles. The van der Waals surface area contributed by atoms with Crippen LogP contribution in [0.25, 0.3) is 11.1 Å². The Morgan fingerprint density at radius 2 is 1.24 bits per heavy atom. The minimum absolute atomic E-state index is 0.180. The molecule has 1 N–H and O–H groups in total. The summed E-state index contributed by atoms with van der Waals surface area (Å²) < 4.78 is 0. The molecule has 2 heteroatoms. The second-order valence-corrected chi connectivity index (χ2v) is 8.61. The van der Waals surface area contributed by atoms with Crippen LogP contribution in [-0.2, 0) is 13.0 Å². The maximum Gasteiger partial charge on any atom is 0.0558 e. The van der Waals surface area contributed by atoms with Crippen LogP contribution >= 0.6 is 0 Å². The van der Waals surface area contributed by atoms with Crippen molar-refractivity contribution in [3.8, 4) is 11.1 Å². The van der Waals surface area contributed by atoms with Crippen molar-refractivity contribution in [2.45, 2.75) is 25.3 Å². The number of nitrogens with zero attached hydrogens (tertiary/aromatic N) is 1. The Hall–Kier alpha value is -3.20. The van der Waals surface area contributed by atoms with Gasteiger partial charge in [-0.2, -0.15) is 0 Å². The highest BCUT2D eigenvalue weighted by Gasteiger charge is 2.17. The number of aliphatic hydroxyl groups is 1. The molecular weight excluding hydrogens is 402 g/mol. The monoisotopic (exact) mass is 435 g/mol. The van der Waals surface area contributed by atoms with E-state index in [9.17, 15) is 5.11 Å². The lowest BCUT2D eigenvalue weighted by molar-refractivity contribution is 0.185. The summed E-state index contributed by atoms with van der Waals surface area (Å²) in [7, 11) is 0. The van der Waals surface area contributed by atoms with Crippen LogP contribution in [0.2, 0.25) is 0 Å². The molecular formula is C31H33NO. The molecule has 0 heterocycles. The van der Waals surface area contributed by atoms with Crippen LogP contribution < -0.4 is 0 Å². The third kappa shape index (κ3) is 6.64. The van der Waals surface area contributed by atoms with Crippen LogP contribution in [0.1, 0.15) is 29.0 Å². The fourth-order valence-electron chi connectivity index (χ4n) is 4.57. The lowest BCUT2D eigenvalue weighted by atomic mass is 9.86. The van der Waals surface area contributed by atoms with Gasteiger partial charge in [-0.15, -0.1) is 0 Å². The van der Waals surface area contributed by atoms with Gasteiger partial charge in [-0.25, -0.2) is 0 Å². The maximum atomic E-state index is 9.65. The Labute approximate surface area is 198 Å². The van der Waals surface area contributed by atoms with Gasteiger partial charge < -0.3 is 5.11 Å². The van der Waals surface area contributed by atoms with Gasteiger partial charge in [0.1, 0.15) is 0 Å². The Morgan fingerprint density at radius 3 is 1.94 bits per heavy atom. The van der Waals surface area contributed by atoms with E-state index in [1.54, 1.807) is 0 Å². The molecule has 33 heavy (non-hydrogen) atoms. The van der Waals surface area contributed by atoms with E-state index < -0.39 is 0 Å². The molecule has 0 bridgehead atoms. The molecule has 0 spiro atoms. The fourth-order valence-corrected chi connectivity index (χ4v) is 4.57. The smallest absolute Gasteiger partial charge is 0.0558 e. The summed E-state index contributed by atoms with van der Waals surface area (Å²) in [6.07, 6.45) is 2.04. The second kappa shape index (κ2) is 12.2. The minimum atomic E-state index is 0.180. The van der Waals surface area contributed by atoms with Gasteiger partial charge in [0.05, 0.1) is 6.61 Å². The number of rotatable bonds is 11. The van der Waals surface area contributed by atoms with Crippen molar-refractivity contribution in [2.24, 2.45) is 0 Å². The molecule has 0 fully saturated rings. The minimum Gasteiger partial charge on any atom is -0.395 e. The predicted molar refractivity (Wildman–Crippen MR) is 138 cm³/mol. The number of aliphatic hydroxyl groups excluding tert-OH is 1. The normalized spacial score (nSPS) is 12.1.